The van der Waals surface area contributed by atoms with Crippen LogP contribution >= 0.6 is 0 Å². The van der Waals surface area contributed by atoms with Gasteiger partial charge < -0.3 is 10.4 Å². The minimum absolute atomic E-state index is 0.0769. The standard InChI is InChI=1S/C19H24N2O2/c22-12-19(9-4-10-19)11-20-18(23)17-15-6-3-1-2-5-14(15)16(21-17)13-7-8-13/h1-3,6,13-14,22H,4-5,7-12H2,(H,20,23). The summed E-state index contributed by atoms with van der Waals surface area (Å²) in [5, 5.41) is 12.6. The van der Waals surface area contributed by atoms with Gasteiger partial charge in [-0.3, -0.25) is 9.79 Å². The van der Waals surface area contributed by atoms with Crippen LogP contribution in [0.3, 0.4) is 0 Å². The number of carbonyl (C=O) groups is 1. The molecule has 0 bridgehead atoms. The second-order valence-corrected chi connectivity index (χ2v) is 7.38. The average molecular weight is 312 g/mol. The lowest BCUT2D eigenvalue weighted by Crippen LogP contribution is -2.44. The fourth-order valence-corrected chi connectivity index (χ4v) is 3.85. The molecule has 0 aromatic rings. The smallest absolute Gasteiger partial charge is 0.270 e. The molecular weight excluding hydrogens is 288 g/mol. The van der Waals surface area contributed by atoms with E-state index in [4.69, 9.17) is 4.99 Å². The van der Waals surface area contributed by atoms with E-state index in [1.165, 1.54) is 18.6 Å². The monoisotopic (exact) mass is 312 g/mol. The van der Waals surface area contributed by atoms with Crippen LogP contribution in [-0.4, -0.2) is 29.9 Å². The molecule has 3 aliphatic carbocycles. The van der Waals surface area contributed by atoms with Crippen LogP contribution in [0.15, 0.2) is 40.6 Å². The summed E-state index contributed by atoms with van der Waals surface area (Å²) < 4.78 is 0. The Hall–Kier alpha value is -1.68. The molecule has 0 saturated heterocycles. The third kappa shape index (κ3) is 2.69. The van der Waals surface area contributed by atoms with E-state index >= 15 is 0 Å². The summed E-state index contributed by atoms with van der Waals surface area (Å²) in [5.74, 6) is 0.788. The first-order valence-electron chi connectivity index (χ1n) is 8.77. The Balaban J connectivity index is 1.53. The van der Waals surface area contributed by atoms with Crippen LogP contribution in [-0.2, 0) is 4.79 Å². The van der Waals surface area contributed by atoms with Crippen molar-refractivity contribution in [3.8, 4) is 0 Å². The molecule has 1 heterocycles. The Morgan fingerprint density at radius 3 is 2.83 bits per heavy atom. The molecule has 2 fully saturated rings. The van der Waals surface area contributed by atoms with Crippen molar-refractivity contribution in [1.82, 2.24) is 5.32 Å². The van der Waals surface area contributed by atoms with Crippen molar-refractivity contribution < 1.29 is 9.90 Å². The predicted molar refractivity (Wildman–Crippen MR) is 90.0 cm³/mol. The second kappa shape index (κ2) is 5.75. The lowest BCUT2D eigenvalue weighted by molar-refractivity contribution is -0.118. The molecule has 4 heteroatoms. The largest absolute Gasteiger partial charge is 0.396 e. The summed E-state index contributed by atoms with van der Waals surface area (Å²) in [6.07, 6.45) is 14.8. The number of nitrogens with zero attached hydrogens (tertiary/aromatic N) is 1. The number of nitrogens with one attached hydrogen (secondary N) is 1. The minimum Gasteiger partial charge on any atom is -0.396 e. The molecule has 4 nitrogen and oxygen atoms in total. The quantitative estimate of drug-likeness (QED) is 0.819. The van der Waals surface area contributed by atoms with Crippen molar-refractivity contribution in [2.45, 2.75) is 38.5 Å². The van der Waals surface area contributed by atoms with E-state index < -0.39 is 0 Å². The van der Waals surface area contributed by atoms with E-state index in [1.807, 2.05) is 12.2 Å². The Morgan fingerprint density at radius 1 is 1.35 bits per heavy atom. The number of hydrogen-bond donors (Lipinski definition) is 2. The van der Waals surface area contributed by atoms with E-state index in [9.17, 15) is 9.90 Å². The summed E-state index contributed by atoms with van der Waals surface area (Å²) >= 11 is 0. The predicted octanol–water partition coefficient (Wildman–Crippen LogP) is 2.52. The SMILES string of the molecule is O=C(NCC1(CO)CCC1)C1=C2C=CC=CCC2C(C2CC2)=N1. The Morgan fingerprint density at radius 2 is 2.17 bits per heavy atom. The number of aliphatic hydroxyl groups excluding tert-OH is 1. The number of rotatable bonds is 5. The molecule has 0 aromatic heterocycles. The second-order valence-electron chi connectivity index (χ2n) is 7.38. The molecule has 122 valence electrons. The summed E-state index contributed by atoms with van der Waals surface area (Å²) in [6.45, 7) is 0.711. The van der Waals surface area contributed by atoms with Gasteiger partial charge in [-0.05, 0) is 43.6 Å². The normalized spacial score (nSPS) is 28.0. The lowest BCUT2D eigenvalue weighted by Gasteiger charge is -2.40. The molecule has 0 aromatic carbocycles. The van der Waals surface area contributed by atoms with Crippen LogP contribution < -0.4 is 5.32 Å². The third-order valence-electron chi connectivity index (χ3n) is 5.73. The van der Waals surface area contributed by atoms with Gasteiger partial charge in [0.15, 0.2) is 0 Å². The van der Waals surface area contributed by atoms with Crippen LogP contribution in [0.4, 0.5) is 0 Å². The molecule has 0 radical (unpaired) electrons. The van der Waals surface area contributed by atoms with Crippen molar-refractivity contribution in [1.29, 1.82) is 0 Å². The molecule has 1 atom stereocenters. The van der Waals surface area contributed by atoms with Crippen LogP contribution in [0.1, 0.15) is 38.5 Å². The number of allylic oxidation sites excluding steroid dienone is 5. The zero-order chi connectivity index (χ0) is 15.9. The lowest BCUT2D eigenvalue weighted by atomic mass is 9.69. The fourth-order valence-electron chi connectivity index (χ4n) is 3.85. The number of fused-ring (bicyclic) bond motifs is 1. The van der Waals surface area contributed by atoms with E-state index in [2.05, 4.69) is 17.5 Å². The van der Waals surface area contributed by atoms with Gasteiger partial charge in [0.2, 0.25) is 0 Å². The van der Waals surface area contributed by atoms with E-state index in [1.54, 1.807) is 0 Å². The molecule has 23 heavy (non-hydrogen) atoms. The zero-order valence-corrected chi connectivity index (χ0v) is 13.4. The molecule has 0 spiro atoms. The molecule has 1 aliphatic heterocycles. The van der Waals surface area contributed by atoms with Crippen molar-refractivity contribution in [3.63, 3.8) is 0 Å². The summed E-state index contributed by atoms with van der Waals surface area (Å²) in [6, 6.07) is 0. The first-order valence-corrected chi connectivity index (χ1v) is 8.77. The molecule has 2 saturated carbocycles. The number of aliphatic imine (C=N–C) groups is 1. The Bertz CT molecular complexity index is 628. The van der Waals surface area contributed by atoms with Crippen LogP contribution in [0.2, 0.25) is 0 Å². The van der Waals surface area contributed by atoms with Gasteiger partial charge in [-0.1, -0.05) is 30.7 Å². The van der Waals surface area contributed by atoms with E-state index in [0.29, 0.717) is 18.2 Å². The van der Waals surface area contributed by atoms with Crippen LogP contribution in [0.25, 0.3) is 0 Å². The van der Waals surface area contributed by atoms with Gasteiger partial charge in [0.1, 0.15) is 5.70 Å². The first kappa shape index (κ1) is 14.9. The molecule has 1 unspecified atom stereocenters. The maximum absolute atomic E-state index is 12.7. The van der Waals surface area contributed by atoms with Crippen molar-refractivity contribution in [2.75, 3.05) is 13.2 Å². The fraction of sp³-hybridized carbons (Fsp3) is 0.579. The van der Waals surface area contributed by atoms with Gasteiger partial charge in [0.05, 0.1) is 6.61 Å². The van der Waals surface area contributed by atoms with Gasteiger partial charge in [0.25, 0.3) is 5.91 Å². The van der Waals surface area contributed by atoms with E-state index in [0.717, 1.165) is 31.3 Å². The van der Waals surface area contributed by atoms with Gasteiger partial charge >= 0.3 is 0 Å². The van der Waals surface area contributed by atoms with Gasteiger partial charge in [0, 0.05) is 23.6 Å². The summed E-state index contributed by atoms with van der Waals surface area (Å²) in [7, 11) is 0. The number of hydrogen-bond acceptors (Lipinski definition) is 3. The van der Waals surface area contributed by atoms with E-state index in [-0.39, 0.29) is 23.8 Å². The van der Waals surface area contributed by atoms with Crippen LogP contribution in [0, 0.1) is 17.3 Å². The maximum atomic E-state index is 12.7. The average Bonchev–Trinajstić information content (AvgIpc) is 3.33. The number of carbonyl (C=O) groups excluding carboxylic acids is 1. The van der Waals surface area contributed by atoms with Crippen molar-refractivity contribution >= 4 is 11.6 Å². The van der Waals surface area contributed by atoms with Crippen molar-refractivity contribution in [2.24, 2.45) is 22.2 Å². The number of amides is 1. The van der Waals surface area contributed by atoms with Crippen molar-refractivity contribution in [3.05, 3.63) is 35.6 Å². The Labute approximate surface area is 137 Å². The highest BCUT2D eigenvalue weighted by Crippen LogP contribution is 2.43. The highest BCUT2D eigenvalue weighted by Gasteiger charge is 2.40. The topological polar surface area (TPSA) is 61.7 Å². The number of aliphatic hydroxyl groups is 1. The molecule has 4 rings (SSSR count). The maximum Gasteiger partial charge on any atom is 0.270 e. The minimum atomic E-state index is -0.0945. The van der Waals surface area contributed by atoms with Gasteiger partial charge in [-0.25, -0.2) is 0 Å². The summed E-state index contributed by atoms with van der Waals surface area (Å²) in [4.78, 5) is 17.4. The third-order valence-corrected chi connectivity index (χ3v) is 5.73. The molecule has 1 amide bonds. The summed E-state index contributed by atoms with van der Waals surface area (Å²) in [5.41, 5.74) is 2.79. The zero-order valence-electron chi connectivity index (χ0n) is 13.4. The highest BCUT2D eigenvalue weighted by molar-refractivity contribution is 6.06. The molecule has 2 N–H and O–H groups in total. The van der Waals surface area contributed by atoms with Crippen LogP contribution in [0.5, 0.6) is 0 Å². The first-order chi connectivity index (χ1) is 11.2. The Kier molecular flexibility index (Phi) is 3.72. The highest BCUT2D eigenvalue weighted by atomic mass is 16.3. The van der Waals surface area contributed by atoms with Gasteiger partial charge in [-0.2, -0.15) is 0 Å². The molecule has 4 aliphatic rings. The van der Waals surface area contributed by atoms with Gasteiger partial charge in [-0.15, -0.1) is 0 Å². The molecular formula is C19H24N2O2.